The quantitative estimate of drug-likeness (QED) is 0.807. The molecule has 0 radical (unpaired) electrons. The number of rotatable bonds is 3. The van der Waals surface area contributed by atoms with Gasteiger partial charge >= 0.3 is 0 Å². The lowest BCUT2D eigenvalue weighted by atomic mass is 9.99. The molecule has 2 rings (SSSR count). The normalized spacial score (nSPS) is 23.2. The van der Waals surface area contributed by atoms with Gasteiger partial charge in [-0.15, -0.1) is 0 Å². The summed E-state index contributed by atoms with van der Waals surface area (Å²) in [7, 11) is 0. The van der Waals surface area contributed by atoms with E-state index in [1.54, 1.807) is 6.08 Å². The van der Waals surface area contributed by atoms with Crippen LogP contribution in [0.3, 0.4) is 0 Å². The molecule has 0 bridgehead atoms. The first-order valence-electron chi connectivity index (χ1n) is 4.93. The lowest BCUT2D eigenvalue weighted by molar-refractivity contribution is -0.118. The molecule has 0 aromatic carbocycles. The van der Waals surface area contributed by atoms with Gasteiger partial charge in [0.25, 0.3) is 0 Å². The summed E-state index contributed by atoms with van der Waals surface area (Å²) in [5.74, 6) is 0.0507. The second-order valence-electron chi connectivity index (χ2n) is 3.71. The summed E-state index contributed by atoms with van der Waals surface area (Å²) in [6.45, 7) is 5.49. The summed E-state index contributed by atoms with van der Waals surface area (Å²) in [6.07, 6.45) is 5.37. The van der Waals surface area contributed by atoms with Gasteiger partial charge in [0.2, 0.25) is 0 Å². The fraction of sp³-hybridized carbons (Fsp3) is 0.273. The van der Waals surface area contributed by atoms with Gasteiger partial charge in [-0.1, -0.05) is 24.3 Å². The molecule has 1 atom stereocenters. The Morgan fingerprint density at radius 2 is 2.56 bits per heavy atom. The molecule has 1 heterocycles. The Kier molecular flexibility index (Phi) is 2.94. The molecule has 1 N–H and O–H groups in total. The number of carbonyl (C=O) groups is 1. The number of hydrogen-bond donors (Lipinski definition) is 1. The number of Topliss-reactive ketones (excluding diaryl/α,β-unsaturated/α-hetero) is 1. The molecule has 0 fully saturated rings. The van der Waals surface area contributed by atoms with E-state index in [-0.39, 0.29) is 18.4 Å². The van der Waals surface area contributed by atoms with Gasteiger partial charge in [-0.2, -0.15) is 5.10 Å². The molecule has 16 heavy (non-hydrogen) atoms. The second-order valence-corrected chi connectivity index (χ2v) is 4.14. The molecular weight excluding hydrogens is 226 g/mol. The highest BCUT2D eigenvalue weighted by Crippen LogP contribution is 2.22. The lowest BCUT2D eigenvalue weighted by Crippen LogP contribution is -2.39. The topological polar surface area (TPSA) is 44.7 Å². The molecule has 0 amide bonds. The van der Waals surface area contributed by atoms with E-state index in [9.17, 15) is 4.79 Å². The third-order valence-electron chi connectivity index (χ3n) is 2.32. The highest BCUT2D eigenvalue weighted by molar-refractivity contribution is 6.33. The van der Waals surface area contributed by atoms with Gasteiger partial charge in [0.05, 0.1) is 11.8 Å². The molecule has 1 aliphatic carbocycles. The maximum absolute atomic E-state index is 11.0. The Labute approximate surface area is 98.9 Å². The van der Waals surface area contributed by atoms with Crippen molar-refractivity contribution in [2.75, 3.05) is 6.54 Å². The second kappa shape index (κ2) is 4.23. The average molecular weight is 238 g/mol. The molecule has 1 unspecified atom stereocenters. The lowest BCUT2D eigenvalue weighted by Gasteiger charge is -2.16. The van der Waals surface area contributed by atoms with Crippen LogP contribution in [-0.2, 0) is 4.79 Å². The van der Waals surface area contributed by atoms with Crippen molar-refractivity contribution in [2.24, 2.45) is 5.10 Å². The largest absolute Gasteiger partial charge is 0.298 e. The molecule has 5 heteroatoms. The number of hydrogen-bond acceptors (Lipinski definition) is 4. The first-order valence-corrected chi connectivity index (χ1v) is 5.31. The molecule has 84 valence electrons. The van der Waals surface area contributed by atoms with E-state index in [0.29, 0.717) is 5.03 Å². The monoisotopic (exact) mass is 237 g/mol. The van der Waals surface area contributed by atoms with E-state index >= 15 is 0 Å². The Bertz CT molecular complexity index is 437. The Morgan fingerprint density at radius 3 is 3.19 bits per heavy atom. The van der Waals surface area contributed by atoms with E-state index in [1.807, 2.05) is 12.2 Å². The summed E-state index contributed by atoms with van der Waals surface area (Å²) in [4.78, 5) is 11.0. The number of hydrazine groups is 1. The highest BCUT2D eigenvalue weighted by atomic mass is 35.5. The third kappa shape index (κ3) is 2.08. The minimum atomic E-state index is -0.0650. The van der Waals surface area contributed by atoms with Crippen LogP contribution >= 0.6 is 11.6 Å². The Hall–Kier alpha value is -1.39. The van der Waals surface area contributed by atoms with Gasteiger partial charge in [0.1, 0.15) is 6.54 Å². The van der Waals surface area contributed by atoms with Crippen molar-refractivity contribution in [2.45, 2.75) is 13.0 Å². The number of fused-ring (bicyclic) bond motifs is 1. The zero-order valence-corrected chi connectivity index (χ0v) is 9.66. The fourth-order valence-corrected chi connectivity index (χ4v) is 1.93. The molecule has 1 aliphatic heterocycles. The van der Waals surface area contributed by atoms with Crippen LogP contribution in [0.2, 0.25) is 0 Å². The summed E-state index contributed by atoms with van der Waals surface area (Å²) in [5, 5.41) is 6.49. The average Bonchev–Trinajstić information content (AvgIpc) is 2.57. The summed E-state index contributed by atoms with van der Waals surface area (Å²) in [6, 6.07) is -0.0650. The highest BCUT2D eigenvalue weighted by Gasteiger charge is 2.29. The molecule has 2 aliphatic rings. The van der Waals surface area contributed by atoms with Crippen LogP contribution in [0.1, 0.15) is 6.92 Å². The van der Waals surface area contributed by atoms with Gasteiger partial charge in [-0.05, 0) is 19.1 Å². The van der Waals surface area contributed by atoms with Crippen molar-refractivity contribution in [3.05, 3.63) is 35.4 Å². The maximum Gasteiger partial charge on any atom is 0.152 e. The molecular formula is C11H12ClN3O. The first kappa shape index (κ1) is 11.1. The van der Waals surface area contributed by atoms with Crippen LogP contribution in [0.4, 0.5) is 0 Å². The van der Waals surface area contributed by atoms with Crippen molar-refractivity contribution < 1.29 is 4.79 Å². The standard InChI is InChI=1S/C11H12ClN3O/c1-3-8-4-9(12)5-10-11(8)14-15(13-10)6-7(2)16/h3-5,10,13H,1,6H2,2H3. The fourth-order valence-electron chi connectivity index (χ4n) is 1.68. The zero-order valence-electron chi connectivity index (χ0n) is 8.90. The smallest absolute Gasteiger partial charge is 0.152 e. The predicted octanol–water partition coefficient (Wildman–Crippen LogP) is 1.37. The summed E-state index contributed by atoms with van der Waals surface area (Å²) >= 11 is 5.97. The van der Waals surface area contributed by atoms with Gasteiger partial charge in [0, 0.05) is 10.6 Å². The van der Waals surface area contributed by atoms with Crippen LogP contribution in [0.15, 0.2) is 40.5 Å². The molecule has 4 nitrogen and oxygen atoms in total. The van der Waals surface area contributed by atoms with Crippen LogP contribution in [0, 0.1) is 0 Å². The first-order chi connectivity index (χ1) is 7.60. The number of halogens is 1. The summed E-state index contributed by atoms with van der Waals surface area (Å²) < 4.78 is 0. The van der Waals surface area contributed by atoms with E-state index in [2.05, 4.69) is 17.1 Å². The van der Waals surface area contributed by atoms with Crippen molar-refractivity contribution in [1.82, 2.24) is 10.5 Å². The van der Waals surface area contributed by atoms with E-state index in [0.717, 1.165) is 11.3 Å². The molecule has 0 aromatic rings. The van der Waals surface area contributed by atoms with Gasteiger partial charge in [-0.3, -0.25) is 4.79 Å². The van der Waals surface area contributed by atoms with Crippen molar-refractivity contribution in [1.29, 1.82) is 0 Å². The van der Waals surface area contributed by atoms with E-state index in [1.165, 1.54) is 12.0 Å². The van der Waals surface area contributed by atoms with E-state index in [4.69, 9.17) is 11.6 Å². The minimum absolute atomic E-state index is 0.0507. The number of nitrogens with zero attached hydrogens (tertiary/aromatic N) is 2. The SMILES string of the molecule is C=CC1=CC(Cl)=CC2NN(CC(C)=O)N=C12. The number of allylic oxidation sites excluding steroid dienone is 3. The van der Waals surface area contributed by atoms with Crippen molar-refractivity contribution in [3.8, 4) is 0 Å². The van der Waals surface area contributed by atoms with Crippen molar-refractivity contribution in [3.63, 3.8) is 0 Å². The molecule has 0 spiro atoms. The minimum Gasteiger partial charge on any atom is -0.298 e. The number of ketones is 1. The van der Waals surface area contributed by atoms with E-state index < -0.39 is 0 Å². The van der Waals surface area contributed by atoms with Crippen LogP contribution in [0.25, 0.3) is 0 Å². The number of nitrogens with one attached hydrogen (secondary N) is 1. The number of carbonyl (C=O) groups excluding carboxylic acids is 1. The maximum atomic E-state index is 11.0. The predicted molar refractivity (Wildman–Crippen MR) is 64.0 cm³/mol. The zero-order chi connectivity index (χ0) is 11.7. The van der Waals surface area contributed by atoms with Crippen LogP contribution in [0.5, 0.6) is 0 Å². The van der Waals surface area contributed by atoms with Crippen LogP contribution in [-0.4, -0.2) is 29.2 Å². The Morgan fingerprint density at radius 1 is 1.81 bits per heavy atom. The van der Waals surface area contributed by atoms with Gasteiger partial charge < -0.3 is 0 Å². The molecule has 0 saturated heterocycles. The third-order valence-corrected chi connectivity index (χ3v) is 2.55. The van der Waals surface area contributed by atoms with Gasteiger partial charge in [0.15, 0.2) is 5.78 Å². The van der Waals surface area contributed by atoms with Crippen LogP contribution < -0.4 is 5.43 Å². The Balaban J connectivity index is 2.24. The number of hydrazone groups is 1. The van der Waals surface area contributed by atoms with Gasteiger partial charge in [-0.25, -0.2) is 10.5 Å². The molecule has 0 aromatic heterocycles. The summed E-state index contributed by atoms with van der Waals surface area (Å²) in [5.41, 5.74) is 4.81. The van der Waals surface area contributed by atoms with Crippen molar-refractivity contribution >= 4 is 23.1 Å². The molecule has 0 saturated carbocycles.